The van der Waals surface area contributed by atoms with E-state index in [2.05, 4.69) is 31.5 Å². The minimum atomic E-state index is -0.457. The highest BCUT2D eigenvalue weighted by Gasteiger charge is 2.34. The minimum Gasteiger partial charge on any atom is -0.328 e. The van der Waals surface area contributed by atoms with Crippen molar-refractivity contribution in [2.45, 2.75) is 19.9 Å². The Labute approximate surface area is 199 Å². The van der Waals surface area contributed by atoms with Crippen molar-refractivity contribution in [1.29, 1.82) is 0 Å². The third-order valence-electron chi connectivity index (χ3n) is 5.46. The number of aryl methyl sites for hydroxylation is 1. The molecule has 1 aliphatic heterocycles. The molecule has 0 saturated carbocycles. The van der Waals surface area contributed by atoms with E-state index in [4.69, 9.17) is 10.1 Å². The molecule has 7 nitrogen and oxygen atoms in total. The number of fused-ring (bicyclic) bond motifs is 1. The van der Waals surface area contributed by atoms with Crippen molar-refractivity contribution in [2.75, 3.05) is 10.6 Å². The number of rotatable bonds is 4. The number of hydrogen-bond donors (Lipinski definition) is 2. The standard InChI is InChI=1S/C25H21BrN6O/c1-15-6-3-8-18(12-15)23-30-25-28-16(2)21(24(33)29-20-10-5-11-27-14-20)22(32(25)31-23)17-7-4-9-19(26)13-17/h3-14,22H,1-2H3,(H,29,33)(H,28,30,31). The van der Waals surface area contributed by atoms with Gasteiger partial charge in [0.25, 0.3) is 5.91 Å². The number of benzene rings is 2. The Morgan fingerprint density at radius 2 is 1.94 bits per heavy atom. The molecule has 1 aliphatic rings. The Balaban J connectivity index is 1.62. The van der Waals surface area contributed by atoms with Crippen LogP contribution in [0.4, 0.5) is 11.6 Å². The second kappa shape index (κ2) is 8.63. The SMILES string of the molecule is CC1=C(C(=O)Nc2cccnc2)C(c2cccc(Br)c2)n2nc(-c3cccc(C)c3)nc2N1. The van der Waals surface area contributed by atoms with Gasteiger partial charge in [0.15, 0.2) is 5.82 Å². The van der Waals surface area contributed by atoms with Gasteiger partial charge in [-0.15, -0.1) is 5.10 Å². The van der Waals surface area contributed by atoms with Gasteiger partial charge in [-0.25, -0.2) is 4.68 Å². The molecular formula is C25H21BrN6O. The zero-order chi connectivity index (χ0) is 22.9. The molecule has 2 aromatic heterocycles. The molecule has 8 heteroatoms. The van der Waals surface area contributed by atoms with Crippen molar-refractivity contribution in [1.82, 2.24) is 19.7 Å². The van der Waals surface area contributed by atoms with Crippen molar-refractivity contribution in [3.8, 4) is 11.4 Å². The number of pyridine rings is 1. The summed E-state index contributed by atoms with van der Waals surface area (Å²) in [5.41, 5.74) is 4.87. The van der Waals surface area contributed by atoms with Gasteiger partial charge in [-0.3, -0.25) is 9.78 Å². The molecule has 2 aromatic carbocycles. The third-order valence-corrected chi connectivity index (χ3v) is 5.95. The number of allylic oxidation sites excluding steroid dienone is 1. The zero-order valence-electron chi connectivity index (χ0n) is 18.1. The Morgan fingerprint density at radius 1 is 1.09 bits per heavy atom. The van der Waals surface area contributed by atoms with Crippen LogP contribution in [0.3, 0.4) is 0 Å². The maximum atomic E-state index is 13.5. The number of carbonyl (C=O) groups excluding carboxylic acids is 1. The summed E-state index contributed by atoms with van der Waals surface area (Å²) in [5.74, 6) is 0.964. The van der Waals surface area contributed by atoms with Gasteiger partial charge in [0.2, 0.25) is 5.95 Å². The van der Waals surface area contributed by atoms with E-state index in [0.717, 1.165) is 26.9 Å². The van der Waals surface area contributed by atoms with Crippen LogP contribution in [0.5, 0.6) is 0 Å². The lowest BCUT2D eigenvalue weighted by Gasteiger charge is -2.28. The summed E-state index contributed by atoms with van der Waals surface area (Å²) >= 11 is 3.56. The fourth-order valence-corrected chi connectivity index (χ4v) is 4.39. The van der Waals surface area contributed by atoms with Gasteiger partial charge in [0, 0.05) is 21.9 Å². The number of carbonyl (C=O) groups is 1. The molecule has 0 aliphatic carbocycles. The number of anilines is 2. The van der Waals surface area contributed by atoms with Crippen molar-refractivity contribution >= 4 is 33.5 Å². The van der Waals surface area contributed by atoms with E-state index in [1.54, 1.807) is 23.1 Å². The van der Waals surface area contributed by atoms with E-state index >= 15 is 0 Å². The molecule has 1 amide bonds. The summed E-state index contributed by atoms with van der Waals surface area (Å²) < 4.78 is 2.70. The van der Waals surface area contributed by atoms with Crippen LogP contribution in [0.1, 0.15) is 24.1 Å². The van der Waals surface area contributed by atoms with Crippen LogP contribution in [-0.2, 0) is 4.79 Å². The van der Waals surface area contributed by atoms with Crippen molar-refractivity contribution in [3.63, 3.8) is 0 Å². The minimum absolute atomic E-state index is 0.226. The summed E-state index contributed by atoms with van der Waals surface area (Å²) in [6.45, 7) is 3.92. The monoisotopic (exact) mass is 500 g/mol. The molecule has 33 heavy (non-hydrogen) atoms. The van der Waals surface area contributed by atoms with Crippen LogP contribution in [0.2, 0.25) is 0 Å². The van der Waals surface area contributed by atoms with E-state index in [-0.39, 0.29) is 5.91 Å². The quantitative estimate of drug-likeness (QED) is 0.395. The first-order chi connectivity index (χ1) is 16.0. The number of amides is 1. The first-order valence-corrected chi connectivity index (χ1v) is 11.3. The lowest BCUT2D eigenvalue weighted by Crippen LogP contribution is -2.31. The molecule has 5 rings (SSSR count). The maximum Gasteiger partial charge on any atom is 0.255 e. The van der Waals surface area contributed by atoms with E-state index in [1.807, 2.05) is 68.4 Å². The van der Waals surface area contributed by atoms with Gasteiger partial charge in [-0.1, -0.05) is 51.8 Å². The normalized spacial score (nSPS) is 15.1. The van der Waals surface area contributed by atoms with Gasteiger partial charge in [-0.2, -0.15) is 4.98 Å². The summed E-state index contributed by atoms with van der Waals surface area (Å²) in [6.07, 6.45) is 3.29. The number of aromatic nitrogens is 4. The van der Waals surface area contributed by atoms with E-state index < -0.39 is 6.04 Å². The van der Waals surface area contributed by atoms with E-state index in [1.165, 1.54) is 0 Å². The van der Waals surface area contributed by atoms with Crippen LogP contribution < -0.4 is 10.6 Å². The largest absolute Gasteiger partial charge is 0.328 e. The lowest BCUT2D eigenvalue weighted by molar-refractivity contribution is -0.113. The second-order valence-electron chi connectivity index (χ2n) is 7.89. The third kappa shape index (κ3) is 4.17. The zero-order valence-corrected chi connectivity index (χ0v) is 19.7. The molecule has 164 valence electrons. The topological polar surface area (TPSA) is 84.7 Å². The summed E-state index contributed by atoms with van der Waals surface area (Å²) in [4.78, 5) is 22.3. The van der Waals surface area contributed by atoms with Gasteiger partial charge >= 0.3 is 0 Å². The summed E-state index contributed by atoms with van der Waals surface area (Å²) in [5, 5.41) is 11.1. The molecule has 0 radical (unpaired) electrons. The number of halogens is 1. The van der Waals surface area contributed by atoms with Crippen LogP contribution in [0, 0.1) is 6.92 Å². The first kappa shape index (κ1) is 21.1. The highest BCUT2D eigenvalue weighted by atomic mass is 79.9. The van der Waals surface area contributed by atoms with Crippen molar-refractivity contribution in [2.24, 2.45) is 0 Å². The molecule has 1 atom stereocenters. The number of nitrogens with one attached hydrogen (secondary N) is 2. The fraction of sp³-hybridized carbons (Fsp3) is 0.120. The highest BCUT2D eigenvalue weighted by molar-refractivity contribution is 9.10. The molecule has 4 aromatic rings. The van der Waals surface area contributed by atoms with Crippen LogP contribution in [0.25, 0.3) is 11.4 Å². The smallest absolute Gasteiger partial charge is 0.255 e. The number of hydrogen-bond acceptors (Lipinski definition) is 5. The molecule has 0 spiro atoms. The molecule has 1 unspecified atom stereocenters. The lowest BCUT2D eigenvalue weighted by atomic mass is 9.95. The van der Waals surface area contributed by atoms with Gasteiger partial charge < -0.3 is 10.6 Å². The number of nitrogens with zero attached hydrogens (tertiary/aromatic N) is 4. The molecule has 0 saturated heterocycles. The van der Waals surface area contributed by atoms with Crippen LogP contribution in [0.15, 0.2) is 88.8 Å². The average molecular weight is 501 g/mol. The van der Waals surface area contributed by atoms with Crippen LogP contribution >= 0.6 is 15.9 Å². The predicted octanol–water partition coefficient (Wildman–Crippen LogP) is 5.34. The Bertz CT molecular complexity index is 1380. The predicted molar refractivity (Wildman–Crippen MR) is 132 cm³/mol. The first-order valence-electron chi connectivity index (χ1n) is 10.5. The maximum absolute atomic E-state index is 13.5. The van der Waals surface area contributed by atoms with E-state index in [0.29, 0.717) is 23.0 Å². The second-order valence-corrected chi connectivity index (χ2v) is 8.81. The summed E-state index contributed by atoms with van der Waals surface area (Å²) in [6, 6.07) is 19.1. The van der Waals surface area contributed by atoms with Crippen molar-refractivity contribution in [3.05, 3.63) is 99.9 Å². The average Bonchev–Trinajstić information content (AvgIpc) is 3.22. The molecule has 0 bridgehead atoms. The molecule has 2 N–H and O–H groups in total. The Hall–Kier alpha value is -3.78. The molecular weight excluding hydrogens is 480 g/mol. The Morgan fingerprint density at radius 3 is 2.70 bits per heavy atom. The van der Waals surface area contributed by atoms with Crippen molar-refractivity contribution < 1.29 is 4.79 Å². The van der Waals surface area contributed by atoms with Crippen LogP contribution in [-0.4, -0.2) is 25.7 Å². The molecule has 3 heterocycles. The summed E-state index contributed by atoms with van der Waals surface area (Å²) in [7, 11) is 0. The van der Waals surface area contributed by atoms with Gasteiger partial charge in [0.05, 0.1) is 17.5 Å². The molecule has 0 fully saturated rings. The van der Waals surface area contributed by atoms with E-state index in [9.17, 15) is 4.79 Å². The van der Waals surface area contributed by atoms with Gasteiger partial charge in [0.1, 0.15) is 6.04 Å². The Kier molecular flexibility index (Phi) is 5.51. The highest BCUT2D eigenvalue weighted by Crippen LogP contribution is 2.37. The fourth-order valence-electron chi connectivity index (χ4n) is 3.97. The van der Waals surface area contributed by atoms with Gasteiger partial charge in [-0.05, 0) is 49.7 Å².